The summed E-state index contributed by atoms with van der Waals surface area (Å²) in [5.41, 5.74) is 0.662. The zero-order chi connectivity index (χ0) is 15.9. The Balaban J connectivity index is 1.87. The number of morpholine rings is 1. The van der Waals surface area contributed by atoms with Crippen molar-refractivity contribution in [2.24, 2.45) is 5.92 Å². The first-order valence-corrected chi connectivity index (χ1v) is 7.45. The lowest BCUT2D eigenvalue weighted by molar-refractivity contribution is -0.137. The molecule has 0 saturated carbocycles. The molecule has 0 radical (unpaired) electrons. The Kier molecular flexibility index (Phi) is 5.77. The van der Waals surface area contributed by atoms with Gasteiger partial charge in [-0.1, -0.05) is 19.9 Å². The molecule has 1 fully saturated rings. The van der Waals surface area contributed by atoms with Gasteiger partial charge in [0.15, 0.2) is 6.61 Å². The van der Waals surface area contributed by atoms with Crippen LogP contribution in [0.1, 0.15) is 13.8 Å². The molecule has 6 nitrogen and oxygen atoms in total. The van der Waals surface area contributed by atoms with Gasteiger partial charge < -0.3 is 19.7 Å². The zero-order valence-electron chi connectivity index (χ0n) is 13.0. The van der Waals surface area contributed by atoms with E-state index >= 15 is 0 Å². The van der Waals surface area contributed by atoms with Crippen molar-refractivity contribution in [3.8, 4) is 5.75 Å². The summed E-state index contributed by atoms with van der Waals surface area (Å²) in [7, 11) is 0. The van der Waals surface area contributed by atoms with Crippen molar-refractivity contribution in [3.05, 3.63) is 24.3 Å². The number of hydrogen-bond donors (Lipinski definition) is 1. The lowest BCUT2D eigenvalue weighted by atomic mass is 10.2. The Hall–Kier alpha value is -2.08. The molecule has 1 aromatic carbocycles. The number of carbonyl (C=O) groups is 2. The number of anilines is 1. The van der Waals surface area contributed by atoms with Gasteiger partial charge in [-0.25, -0.2) is 0 Å². The minimum atomic E-state index is -0.0903. The number of rotatable bonds is 5. The van der Waals surface area contributed by atoms with Crippen molar-refractivity contribution in [1.29, 1.82) is 0 Å². The minimum Gasteiger partial charge on any atom is -0.484 e. The molecule has 6 heteroatoms. The van der Waals surface area contributed by atoms with E-state index in [2.05, 4.69) is 5.32 Å². The summed E-state index contributed by atoms with van der Waals surface area (Å²) < 4.78 is 10.7. The number of ether oxygens (including phenoxy) is 2. The van der Waals surface area contributed by atoms with E-state index in [-0.39, 0.29) is 24.3 Å². The van der Waals surface area contributed by atoms with Crippen LogP contribution in [0.2, 0.25) is 0 Å². The predicted molar refractivity (Wildman–Crippen MR) is 82.8 cm³/mol. The summed E-state index contributed by atoms with van der Waals surface area (Å²) in [6, 6.07) is 7.05. The van der Waals surface area contributed by atoms with Crippen molar-refractivity contribution < 1.29 is 19.1 Å². The second kappa shape index (κ2) is 7.79. The fourth-order valence-electron chi connectivity index (χ4n) is 2.00. The van der Waals surface area contributed by atoms with Crippen LogP contribution in [0, 0.1) is 5.92 Å². The second-order valence-corrected chi connectivity index (χ2v) is 5.45. The van der Waals surface area contributed by atoms with Crippen LogP contribution in [0.25, 0.3) is 0 Å². The summed E-state index contributed by atoms with van der Waals surface area (Å²) >= 11 is 0. The molecule has 2 rings (SSSR count). The van der Waals surface area contributed by atoms with E-state index in [1.807, 2.05) is 13.8 Å². The molecule has 0 aliphatic carbocycles. The van der Waals surface area contributed by atoms with Crippen LogP contribution < -0.4 is 10.1 Å². The average Bonchev–Trinajstić information content (AvgIpc) is 2.53. The first-order chi connectivity index (χ1) is 10.6. The molecule has 2 amide bonds. The molecule has 0 spiro atoms. The number of nitrogens with one attached hydrogen (secondary N) is 1. The number of hydrogen-bond acceptors (Lipinski definition) is 4. The quantitative estimate of drug-likeness (QED) is 0.895. The standard InChI is InChI=1S/C16H22N2O4/c1-12(2)16(20)17-13-4-3-5-14(10-13)22-11-15(19)18-6-8-21-9-7-18/h3-5,10,12H,6-9,11H2,1-2H3,(H,17,20). The largest absolute Gasteiger partial charge is 0.484 e. The summed E-state index contributed by atoms with van der Waals surface area (Å²) in [6.45, 7) is 6.00. The van der Waals surface area contributed by atoms with Crippen LogP contribution in [0.15, 0.2) is 24.3 Å². The van der Waals surface area contributed by atoms with E-state index in [1.165, 1.54) is 0 Å². The number of benzene rings is 1. The molecule has 1 heterocycles. The molecule has 1 aromatic rings. The topological polar surface area (TPSA) is 67.9 Å². The minimum absolute atomic E-state index is 0.0123. The van der Waals surface area contributed by atoms with E-state index in [9.17, 15) is 9.59 Å². The Labute approximate surface area is 130 Å². The highest BCUT2D eigenvalue weighted by atomic mass is 16.5. The van der Waals surface area contributed by atoms with E-state index in [0.717, 1.165) is 0 Å². The highest BCUT2D eigenvalue weighted by Gasteiger charge is 2.17. The van der Waals surface area contributed by atoms with E-state index in [4.69, 9.17) is 9.47 Å². The Bertz CT molecular complexity index is 525. The number of amides is 2. The van der Waals surface area contributed by atoms with Gasteiger partial charge in [-0.05, 0) is 12.1 Å². The van der Waals surface area contributed by atoms with Crippen LogP contribution in [0.5, 0.6) is 5.75 Å². The number of nitrogens with zero attached hydrogens (tertiary/aromatic N) is 1. The normalized spacial score (nSPS) is 14.8. The molecule has 0 bridgehead atoms. The first-order valence-electron chi connectivity index (χ1n) is 7.45. The summed E-state index contributed by atoms with van der Waals surface area (Å²) in [5, 5.41) is 2.80. The molecule has 1 aliphatic heterocycles. The second-order valence-electron chi connectivity index (χ2n) is 5.45. The van der Waals surface area contributed by atoms with Gasteiger partial charge in [-0.3, -0.25) is 9.59 Å². The third kappa shape index (κ3) is 4.73. The molecule has 120 valence electrons. The first kappa shape index (κ1) is 16.3. The van der Waals surface area contributed by atoms with Crippen LogP contribution >= 0.6 is 0 Å². The maximum absolute atomic E-state index is 12.0. The van der Waals surface area contributed by atoms with Crippen molar-refractivity contribution in [3.63, 3.8) is 0 Å². The van der Waals surface area contributed by atoms with E-state index < -0.39 is 0 Å². The fraction of sp³-hybridized carbons (Fsp3) is 0.500. The molecular weight excluding hydrogens is 284 g/mol. The van der Waals surface area contributed by atoms with E-state index in [1.54, 1.807) is 29.2 Å². The van der Waals surface area contributed by atoms with Crippen molar-refractivity contribution >= 4 is 17.5 Å². The fourth-order valence-corrected chi connectivity index (χ4v) is 2.00. The van der Waals surface area contributed by atoms with Gasteiger partial charge in [-0.15, -0.1) is 0 Å². The van der Waals surface area contributed by atoms with Crippen LogP contribution in [0.4, 0.5) is 5.69 Å². The average molecular weight is 306 g/mol. The lowest BCUT2D eigenvalue weighted by Gasteiger charge is -2.26. The van der Waals surface area contributed by atoms with Gasteiger partial charge in [0.05, 0.1) is 13.2 Å². The highest BCUT2D eigenvalue weighted by Crippen LogP contribution is 2.18. The lowest BCUT2D eigenvalue weighted by Crippen LogP contribution is -2.42. The molecule has 22 heavy (non-hydrogen) atoms. The van der Waals surface area contributed by atoms with Crippen molar-refractivity contribution in [2.45, 2.75) is 13.8 Å². The van der Waals surface area contributed by atoms with Gasteiger partial charge in [-0.2, -0.15) is 0 Å². The molecular formula is C16H22N2O4. The maximum Gasteiger partial charge on any atom is 0.260 e. The zero-order valence-corrected chi connectivity index (χ0v) is 13.0. The maximum atomic E-state index is 12.0. The van der Waals surface area contributed by atoms with Gasteiger partial charge in [0.1, 0.15) is 5.75 Å². The predicted octanol–water partition coefficient (Wildman–Crippen LogP) is 1.52. The van der Waals surface area contributed by atoms with Crippen LogP contribution in [-0.4, -0.2) is 49.6 Å². The molecule has 0 aromatic heterocycles. The Morgan fingerprint density at radius 2 is 2.05 bits per heavy atom. The Morgan fingerprint density at radius 1 is 1.32 bits per heavy atom. The molecule has 1 aliphatic rings. The molecule has 1 N–H and O–H groups in total. The highest BCUT2D eigenvalue weighted by molar-refractivity contribution is 5.92. The van der Waals surface area contributed by atoms with E-state index in [0.29, 0.717) is 37.7 Å². The Morgan fingerprint density at radius 3 is 2.73 bits per heavy atom. The molecule has 0 atom stereocenters. The third-order valence-electron chi connectivity index (χ3n) is 3.35. The van der Waals surface area contributed by atoms with Gasteiger partial charge in [0.25, 0.3) is 5.91 Å². The van der Waals surface area contributed by atoms with Gasteiger partial charge in [0.2, 0.25) is 5.91 Å². The SMILES string of the molecule is CC(C)C(=O)Nc1cccc(OCC(=O)N2CCOCC2)c1. The summed E-state index contributed by atoms with van der Waals surface area (Å²) in [6.07, 6.45) is 0. The van der Waals surface area contributed by atoms with Gasteiger partial charge >= 0.3 is 0 Å². The van der Waals surface area contributed by atoms with Gasteiger partial charge in [0, 0.05) is 30.8 Å². The molecule has 1 saturated heterocycles. The summed E-state index contributed by atoms with van der Waals surface area (Å²) in [5.74, 6) is 0.358. The van der Waals surface area contributed by atoms with Crippen molar-refractivity contribution in [1.82, 2.24) is 4.90 Å². The molecule has 0 unspecified atom stereocenters. The third-order valence-corrected chi connectivity index (χ3v) is 3.35. The van der Waals surface area contributed by atoms with Crippen molar-refractivity contribution in [2.75, 3.05) is 38.2 Å². The monoisotopic (exact) mass is 306 g/mol. The smallest absolute Gasteiger partial charge is 0.260 e. The summed E-state index contributed by atoms with van der Waals surface area (Å²) in [4.78, 5) is 25.4. The van der Waals surface area contributed by atoms with Crippen LogP contribution in [-0.2, 0) is 14.3 Å². The number of carbonyl (C=O) groups excluding carboxylic acids is 2. The van der Waals surface area contributed by atoms with Crippen LogP contribution in [0.3, 0.4) is 0 Å².